The summed E-state index contributed by atoms with van der Waals surface area (Å²) in [5, 5.41) is 4.75. The number of benzene rings is 1. The maximum absolute atomic E-state index is 12.5. The Labute approximate surface area is 128 Å². The van der Waals surface area contributed by atoms with Crippen LogP contribution < -0.4 is 5.56 Å². The number of aromatic nitrogens is 3. The molecule has 0 spiro atoms. The summed E-state index contributed by atoms with van der Waals surface area (Å²) in [6.45, 7) is 2.00. The van der Waals surface area contributed by atoms with Crippen LogP contribution in [0.5, 0.6) is 0 Å². The third-order valence-corrected chi connectivity index (χ3v) is 3.77. The molecule has 0 unspecified atom stereocenters. The minimum absolute atomic E-state index is 0.190. The smallest absolute Gasteiger partial charge is 0.343 e. The summed E-state index contributed by atoms with van der Waals surface area (Å²) in [7, 11) is 1.61. The van der Waals surface area contributed by atoms with Crippen LogP contribution in [-0.2, 0) is 11.8 Å². The number of rotatable bonds is 2. The number of esters is 1. The van der Waals surface area contributed by atoms with Crippen molar-refractivity contribution in [1.82, 2.24) is 14.2 Å². The molecule has 0 N–H and O–H groups in total. The highest BCUT2D eigenvalue weighted by Gasteiger charge is 2.19. The summed E-state index contributed by atoms with van der Waals surface area (Å²) in [6.07, 6.45) is 1.42. The van der Waals surface area contributed by atoms with Crippen LogP contribution in [0.25, 0.3) is 16.6 Å². The summed E-state index contributed by atoms with van der Waals surface area (Å²) < 4.78 is 8.80. The van der Waals surface area contributed by atoms with Gasteiger partial charge in [0.15, 0.2) is 5.65 Å². The largest absolute Gasteiger partial charge is 0.462 e. The molecule has 3 aromatic rings. The lowest BCUT2D eigenvalue weighted by molar-refractivity contribution is 0.0528. The summed E-state index contributed by atoms with van der Waals surface area (Å²) >= 11 is 3.35. The van der Waals surface area contributed by atoms with Crippen LogP contribution in [-0.4, -0.2) is 26.8 Å². The van der Waals surface area contributed by atoms with Crippen LogP contribution in [0, 0.1) is 0 Å². The number of aryl methyl sites for hydroxylation is 1. The first-order valence-electron chi connectivity index (χ1n) is 6.37. The Bertz CT molecular complexity index is 926. The fourth-order valence-electron chi connectivity index (χ4n) is 2.33. The van der Waals surface area contributed by atoms with Gasteiger partial charge in [-0.3, -0.25) is 9.36 Å². The average Bonchev–Trinajstić information content (AvgIpc) is 2.90. The summed E-state index contributed by atoms with van der Waals surface area (Å²) in [5.74, 6) is -0.487. The second-order valence-corrected chi connectivity index (χ2v) is 5.46. The molecule has 0 aliphatic carbocycles. The van der Waals surface area contributed by atoms with Crippen molar-refractivity contribution in [3.8, 4) is 0 Å². The van der Waals surface area contributed by atoms with Crippen LogP contribution in [0.4, 0.5) is 0 Å². The molecule has 0 saturated heterocycles. The van der Waals surface area contributed by atoms with Crippen molar-refractivity contribution < 1.29 is 9.53 Å². The van der Waals surface area contributed by atoms with Gasteiger partial charge >= 0.3 is 5.97 Å². The number of carbonyl (C=O) groups excluding carboxylic acids is 1. The molecule has 2 aromatic heterocycles. The average molecular weight is 350 g/mol. The molecule has 0 fully saturated rings. The first-order chi connectivity index (χ1) is 10.0. The van der Waals surface area contributed by atoms with Crippen molar-refractivity contribution in [3.63, 3.8) is 0 Å². The third-order valence-electron chi connectivity index (χ3n) is 3.28. The molecule has 0 aliphatic rings. The Hall–Kier alpha value is -2.15. The Morgan fingerprint density at radius 2 is 2.19 bits per heavy atom. The molecule has 21 heavy (non-hydrogen) atoms. The molecule has 7 heteroatoms. The topological polar surface area (TPSA) is 65.6 Å². The zero-order valence-corrected chi connectivity index (χ0v) is 13.0. The molecule has 0 radical (unpaired) electrons. The normalized spacial score (nSPS) is 11.2. The molecular formula is C14H12BrN3O3. The van der Waals surface area contributed by atoms with E-state index in [-0.39, 0.29) is 17.7 Å². The number of carbonyl (C=O) groups is 1. The predicted molar refractivity (Wildman–Crippen MR) is 81.6 cm³/mol. The fraction of sp³-hybridized carbons (Fsp3) is 0.214. The van der Waals surface area contributed by atoms with Crippen molar-refractivity contribution in [2.75, 3.05) is 6.61 Å². The van der Waals surface area contributed by atoms with Gasteiger partial charge in [0.2, 0.25) is 0 Å². The summed E-state index contributed by atoms with van der Waals surface area (Å²) in [5.41, 5.74) is 1.16. The predicted octanol–water partition coefficient (Wildman–Crippen LogP) is 2.13. The number of fused-ring (bicyclic) bond motifs is 3. The minimum Gasteiger partial charge on any atom is -0.462 e. The number of hydrogen-bond acceptors (Lipinski definition) is 4. The van der Waals surface area contributed by atoms with E-state index in [1.807, 2.05) is 6.07 Å². The second-order valence-electron chi connectivity index (χ2n) is 4.54. The van der Waals surface area contributed by atoms with Crippen molar-refractivity contribution in [2.45, 2.75) is 6.92 Å². The van der Waals surface area contributed by atoms with Gasteiger partial charge in [-0.25, -0.2) is 9.31 Å². The van der Waals surface area contributed by atoms with Crippen molar-refractivity contribution in [2.24, 2.45) is 7.05 Å². The molecule has 0 bridgehead atoms. The van der Waals surface area contributed by atoms with Crippen LogP contribution in [0.3, 0.4) is 0 Å². The molecule has 0 saturated carbocycles. The molecule has 0 aliphatic heterocycles. The van der Waals surface area contributed by atoms with Gasteiger partial charge in [0.1, 0.15) is 5.56 Å². The lowest BCUT2D eigenvalue weighted by Crippen LogP contribution is -2.21. The van der Waals surface area contributed by atoms with E-state index >= 15 is 0 Å². The SMILES string of the molecule is CCOC(=O)c1cnn2c3ccc(Br)cc3c(=O)n(C)c12. The molecular weight excluding hydrogens is 338 g/mol. The maximum Gasteiger partial charge on any atom is 0.343 e. The van der Waals surface area contributed by atoms with E-state index in [4.69, 9.17) is 4.74 Å². The van der Waals surface area contributed by atoms with Gasteiger partial charge in [-0.15, -0.1) is 0 Å². The third kappa shape index (κ3) is 2.04. The van der Waals surface area contributed by atoms with Gasteiger partial charge in [0.25, 0.3) is 5.56 Å². The molecule has 6 nitrogen and oxygen atoms in total. The summed E-state index contributed by atoms with van der Waals surface area (Å²) in [4.78, 5) is 24.4. The minimum atomic E-state index is -0.487. The van der Waals surface area contributed by atoms with Crippen LogP contribution >= 0.6 is 15.9 Å². The van der Waals surface area contributed by atoms with E-state index in [0.717, 1.165) is 4.47 Å². The van der Waals surface area contributed by atoms with E-state index in [1.54, 1.807) is 30.6 Å². The Morgan fingerprint density at radius 1 is 1.43 bits per heavy atom. The number of ether oxygens (including phenoxy) is 1. The lowest BCUT2D eigenvalue weighted by Gasteiger charge is -2.08. The Balaban J connectivity index is 2.44. The quantitative estimate of drug-likeness (QED) is 0.664. The van der Waals surface area contributed by atoms with Gasteiger partial charge in [-0.2, -0.15) is 5.10 Å². The first kappa shape index (κ1) is 13.8. The highest BCUT2D eigenvalue weighted by molar-refractivity contribution is 9.10. The van der Waals surface area contributed by atoms with Crippen LogP contribution in [0.2, 0.25) is 0 Å². The van der Waals surface area contributed by atoms with Crippen molar-refractivity contribution in [1.29, 1.82) is 0 Å². The number of hydrogen-bond donors (Lipinski definition) is 0. The van der Waals surface area contributed by atoms with Crippen molar-refractivity contribution >= 4 is 38.4 Å². The lowest BCUT2D eigenvalue weighted by atomic mass is 10.2. The van der Waals surface area contributed by atoms with Crippen molar-refractivity contribution in [3.05, 3.63) is 44.8 Å². The number of halogens is 1. The Kier molecular flexibility index (Phi) is 3.29. The van der Waals surface area contributed by atoms with Gasteiger partial charge in [-0.1, -0.05) is 15.9 Å². The Morgan fingerprint density at radius 3 is 2.90 bits per heavy atom. The van der Waals surface area contributed by atoms with Gasteiger partial charge in [0.05, 0.1) is 23.7 Å². The molecule has 3 rings (SSSR count). The molecule has 0 atom stereocenters. The maximum atomic E-state index is 12.5. The van der Waals surface area contributed by atoms with E-state index in [0.29, 0.717) is 16.6 Å². The van der Waals surface area contributed by atoms with Gasteiger partial charge < -0.3 is 4.74 Å². The van der Waals surface area contributed by atoms with Gasteiger partial charge in [-0.05, 0) is 25.1 Å². The standard InChI is InChI=1S/C14H12BrN3O3/c1-3-21-14(20)10-7-16-18-11-5-4-8(15)6-9(11)13(19)17(2)12(10)18/h4-7H,3H2,1-2H3. The van der Waals surface area contributed by atoms with E-state index < -0.39 is 5.97 Å². The van der Waals surface area contributed by atoms with E-state index in [2.05, 4.69) is 21.0 Å². The van der Waals surface area contributed by atoms with Crippen LogP contribution in [0.15, 0.2) is 33.7 Å². The molecule has 1 aromatic carbocycles. The van der Waals surface area contributed by atoms with E-state index in [9.17, 15) is 9.59 Å². The highest BCUT2D eigenvalue weighted by atomic mass is 79.9. The number of nitrogens with zero attached hydrogens (tertiary/aromatic N) is 3. The van der Waals surface area contributed by atoms with Gasteiger partial charge in [0, 0.05) is 11.5 Å². The van der Waals surface area contributed by atoms with Crippen LogP contribution in [0.1, 0.15) is 17.3 Å². The molecule has 0 amide bonds. The monoisotopic (exact) mass is 349 g/mol. The molecule has 2 heterocycles. The highest BCUT2D eigenvalue weighted by Crippen LogP contribution is 2.20. The fourth-order valence-corrected chi connectivity index (χ4v) is 2.70. The van der Waals surface area contributed by atoms with E-state index in [1.165, 1.54) is 10.8 Å². The zero-order chi connectivity index (χ0) is 15.1. The first-order valence-corrected chi connectivity index (χ1v) is 7.17. The zero-order valence-electron chi connectivity index (χ0n) is 11.5. The second kappa shape index (κ2) is 5.00. The molecule has 108 valence electrons. The summed E-state index contributed by atoms with van der Waals surface area (Å²) in [6, 6.07) is 5.35.